The minimum atomic E-state index is -0.693. The second kappa shape index (κ2) is 9.66. The van der Waals surface area contributed by atoms with Crippen LogP contribution in [-0.2, 0) is 24.1 Å². The molecule has 0 saturated heterocycles. The molecule has 0 amide bonds. The van der Waals surface area contributed by atoms with Crippen LogP contribution in [-0.4, -0.2) is 39.4 Å². The van der Waals surface area contributed by atoms with Gasteiger partial charge in [0.15, 0.2) is 0 Å². The summed E-state index contributed by atoms with van der Waals surface area (Å²) in [5, 5.41) is 18.4. The molecule has 0 aliphatic heterocycles. The van der Waals surface area contributed by atoms with Gasteiger partial charge in [0, 0.05) is 11.5 Å². The molecule has 5 rings (SSSR count). The molecule has 2 aromatic carbocycles. The van der Waals surface area contributed by atoms with E-state index < -0.39 is 5.97 Å². The van der Waals surface area contributed by atoms with E-state index in [-0.39, 0.29) is 31.0 Å². The first-order chi connectivity index (χ1) is 17.3. The molecular formula is C30H34N2O4. The number of aliphatic hydroxyl groups excluding tert-OH is 1. The van der Waals surface area contributed by atoms with Gasteiger partial charge in [-0.1, -0.05) is 36.4 Å². The highest BCUT2D eigenvalue weighted by Crippen LogP contribution is 2.64. The number of aliphatic carboxylic acids is 1. The van der Waals surface area contributed by atoms with E-state index in [1.54, 1.807) is 0 Å². The number of carboxylic acid groups (broad SMARTS) is 1. The van der Waals surface area contributed by atoms with E-state index in [2.05, 4.69) is 53.3 Å². The molecule has 1 fully saturated rings. The summed E-state index contributed by atoms with van der Waals surface area (Å²) in [5.41, 5.74) is 10.6. The molecule has 1 heterocycles. The van der Waals surface area contributed by atoms with Gasteiger partial charge in [0.2, 0.25) is 0 Å². The van der Waals surface area contributed by atoms with Crippen LogP contribution >= 0.6 is 0 Å². The Bertz CT molecular complexity index is 1290. The minimum absolute atomic E-state index is 0.0711. The summed E-state index contributed by atoms with van der Waals surface area (Å²) >= 11 is 0. The van der Waals surface area contributed by atoms with Crippen molar-refractivity contribution >= 4 is 5.97 Å². The lowest BCUT2D eigenvalue weighted by atomic mass is 9.87. The molecule has 6 heteroatoms. The standard InChI is InChI=1S/C30H34N2O4/c1-18-22(5-4-6-24(18)28-19(2)31-29(32-20(28)3)36-14-13-33)9-7-21-8-10-25-23(15-21)17-30(11-12-30)26(25)16-27(34)35/h4-6,8,10,15,26,33H,7,9,11-14,16-17H2,1-3H3,(H,34,35). The average molecular weight is 487 g/mol. The fourth-order valence-electron chi connectivity index (χ4n) is 6.11. The highest BCUT2D eigenvalue weighted by Gasteiger charge is 2.54. The van der Waals surface area contributed by atoms with Crippen molar-refractivity contribution in [2.24, 2.45) is 5.41 Å². The SMILES string of the molecule is Cc1nc(OCCO)nc(C)c1-c1cccc(CCc2ccc3c(c2)CC2(CC2)C3CC(=O)O)c1C. The van der Waals surface area contributed by atoms with E-state index >= 15 is 0 Å². The number of hydrogen-bond acceptors (Lipinski definition) is 5. The molecule has 2 aliphatic rings. The van der Waals surface area contributed by atoms with Crippen LogP contribution < -0.4 is 4.74 Å². The van der Waals surface area contributed by atoms with Gasteiger partial charge >= 0.3 is 12.0 Å². The second-order valence-corrected chi connectivity index (χ2v) is 10.4. The van der Waals surface area contributed by atoms with Crippen molar-refractivity contribution in [3.63, 3.8) is 0 Å². The summed E-state index contributed by atoms with van der Waals surface area (Å²) < 4.78 is 5.42. The first-order valence-corrected chi connectivity index (χ1v) is 12.8. The summed E-state index contributed by atoms with van der Waals surface area (Å²) in [7, 11) is 0. The van der Waals surface area contributed by atoms with Crippen molar-refractivity contribution < 1.29 is 19.7 Å². The Hall–Kier alpha value is -3.25. The van der Waals surface area contributed by atoms with E-state index in [1.807, 2.05) is 13.8 Å². The van der Waals surface area contributed by atoms with Gasteiger partial charge < -0.3 is 14.9 Å². The predicted octanol–water partition coefficient (Wildman–Crippen LogP) is 5.12. The van der Waals surface area contributed by atoms with Gasteiger partial charge in [-0.25, -0.2) is 0 Å². The van der Waals surface area contributed by atoms with E-state index in [4.69, 9.17) is 9.84 Å². The number of hydrogen-bond donors (Lipinski definition) is 2. The molecular weight excluding hydrogens is 452 g/mol. The van der Waals surface area contributed by atoms with Crippen molar-refractivity contribution in [1.29, 1.82) is 0 Å². The van der Waals surface area contributed by atoms with Crippen molar-refractivity contribution in [2.75, 3.05) is 13.2 Å². The van der Waals surface area contributed by atoms with Crippen LogP contribution in [0.3, 0.4) is 0 Å². The molecule has 1 saturated carbocycles. The molecule has 3 aromatic rings. The molecule has 1 unspecified atom stereocenters. The molecule has 1 spiro atoms. The highest BCUT2D eigenvalue weighted by molar-refractivity contribution is 5.72. The van der Waals surface area contributed by atoms with Crippen LogP contribution in [0.2, 0.25) is 0 Å². The van der Waals surface area contributed by atoms with Crippen LogP contribution in [0.5, 0.6) is 6.01 Å². The van der Waals surface area contributed by atoms with Gasteiger partial charge in [-0.3, -0.25) is 4.79 Å². The third-order valence-corrected chi connectivity index (χ3v) is 8.11. The maximum absolute atomic E-state index is 11.4. The van der Waals surface area contributed by atoms with Gasteiger partial charge in [-0.15, -0.1) is 0 Å². The van der Waals surface area contributed by atoms with Gasteiger partial charge in [0.05, 0.1) is 24.4 Å². The van der Waals surface area contributed by atoms with Crippen LogP contribution in [0.4, 0.5) is 0 Å². The molecule has 2 aliphatic carbocycles. The number of nitrogens with zero attached hydrogens (tertiary/aromatic N) is 2. The van der Waals surface area contributed by atoms with E-state index in [1.165, 1.54) is 27.8 Å². The topological polar surface area (TPSA) is 92.5 Å². The molecule has 0 bridgehead atoms. The maximum Gasteiger partial charge on any atom is 0.316 e. The molecule has 1 atom stereocenters. The fourth-order valence-corrected chi connectivity index (χ4v) is 6.11. The van der Waals surface area contributed by atoms with Crippen LogP contribution in [0, 0.1) is 26.2 Å². The lowest BCUT2D eigenvalue weighted by Gasteiger charge is -2.17. The molecule has 6 nitrogen and oxygen atoms in total. The largest absolute Gasteiger partial charge is 0.481 e. The van der Waals surface area contributed by atoms with Crippen LogP contribution in [0.25, 0.3) is 11.1 Å². The molecule has 1 aromatic heterocycles. The van der Waals surface area contributed by atoms with Crippen LogP contribution in [0.1, 0.15) is 64.4 Å². The zero-order chi connectivity index (χ0) is 25.4. The molecule has 188 valence electrons. The van der Waals surface area contributed by atoms with Crippen molar-refractivity contribution in [3.05, 3.63) is 75.6 Å². The Morgan fingerprint density at radius 3 is 2.50 bits per heavy atom. The Labute approximate surface area is 212 Å². The average Bonchev–Trinajstić information content (AvgIpc) is 3.55. The Morgan fingerprint density at radius 1 is 1.08 bits per heavy atom. The normalized spacial score (nSPS) is 17.3. The monoisotopic (exact) mass is 486 g/mol. The Kier molecular flexibility index (Phi) is 6.56. The molecule has 36 heavy (non-hydrogen) atoms. The number of aliphatic hydroxyl groups is 1. The first-order valence-electron chi connectivity index (χ1n) is 12.8. The number of carbonyl (C=O) groups is 1. The highest BCUT2D eigenvalue weighted by atomic mass is 16.5. The van der Waals surface area contributed by atoms with Gasteiger partial charge in [-0.2, -0.15) is 9.97 Å². The summed E-state index contributed by atoms with van der Waals surface area (Å²) in [5.74, 6) is -0.520. The Morgan fingerprint density at radius 2 is 1.83 bits per heavy atom. The van der Waals surface area contributed by atoms with Gasteiger partial charge in [0.1, 0.15) is 6.61 Å². The summed E-state index contributed by atoms with van der Waals surface area (Å²) in [4.78, 5) is 20.5. The van der Waals surface area contributed by atoms with Crippen molar-refractivity contribution in [3.8, 4) is 17.1 Å². The van der Waals surface area contributed by atoms with Crippen molar-refractivity contribution in [2.45, 2.75) is 65.2 Å². The number of benzene rings is 2. The summed E-state index contributed by atoms with van der Waals surface area (Å²) in [6.45, 7) is 6.21. The third kappa shape index (κ3) is 4.62. The third-order valence-electron chi connectivity index (χ3n) is 8.11. The number of aryl methyl sites for hydroxylation is 4. The maximum atomic E-state index is 11.4. The first kappa shape index (κ1) is 24.4. The smallest absolute Gasteiger partial charge is 0.316 e. The lowest BCUT2D eigenvalue weighted by molar-refractivity contribution is -0.137. The van der Waals surface area contributed by atoms with E-state index in [0.29, 0.717) is 6.01 Å². The number of carboxylic acids is 1. The number of rotatable bonds is 9. The number of ether oxygens (including phenoxy) is 1. The Balaban J connectivity index is 1.35. The second-order valence-electron chi connectivity index (χ2n) is 10.4. The van der Waals surface area contributed by atoms with Crippen molar-refractivity contribution in [1.82, 2.24) is 9.97 Å². The van der Waals surface area contributed by atoms with Gasteiger partial charge in [-0.05, 0) is 91.7 Å². The predicted molar refractivity (Wildman–Crippen MR) is 138 cm³/mol. The number of aromatic nitrogens is 2. The molecule has 0 radical (unpaired) electrons. The van der Waals surface area contributed by atoms with Crippen LogP contribution in [0.15, 0.2) is 36.4 Å². The zero-order valence-electron chi connectivity index (χ0n) is 21.3. The summed E-state index contributed by atoms with van der Waals surface area (Å²) in [6, 6.07) is 13.4. The fraction of sp³-hybridized carbons (Fsp3) is 0.433. The lowest BCUT2D eigenvalue weighted by Crippen LogP contribution is -2.13. The minimum Gasteiger partial charge on any atom is -0.481 e. The molecule has 2 N–H and O–H groups in total. The quantitative estimate of drug-likeness (QED) is 0.436. The number of fused-ring (bicyclic) bond motifs is 1. The van der Waals surface area contributed by atoms with E-state index in [0.717, 1.165) is 54.6 Å². The van der Waals surface area contributed by atoms with Gasteiger partial charge in [0.25, 0.3) is 0 Å². The summed E-state index contributed by atoms with van der Waals surface area (Å²) in [6.07, 6.45) is 5.44. The zero-order valence-corrected chi connectivity index (χ0v) is 21.3. The van der Waals surface area contributed by atoms with E-state index in [9.17, 15) is 9.90 Å².